The number of benzene rings is 4. The van der Waals surface area contributed by atoms with Crippen LogP contribution >= 0.6 is 0 Å². The van der Waals surface area contributed by atoms with Crippen LogP contribution in [0.1, 0.15) is 54.5 Å². The maximum atomic E-state index is 2.65. The second-order valence-electron chi connectivity index (χ2n) is 11.1. The Hall–Kier alpha value is -3.42. The van der Waals surface area contributed by atoms with Gasteiger partial charge in [0.2, 0.25) is 0 Å². The third-order valence-electron chi connectivity index (χ3n) is 8.67. The second kappa shape index (κ2) is 9.47. The Kier molecular flexibility index (Phi) is 6.13. The lowest BCUT2D eigenvalue weighted by Gasteiger charge is -2.37. The van der Waals surface area contributed by atoms with E-state index in [9.17, 15) is 0 Å². The summed E-state index contributed by atoms with van der Waals surface area (Å²) in [4.78, 5) is 0. The van der Waals surface area contributed by atoms with Crippen molar-refractivity contribution in [2.24, 2.45) is 0 Å². The summed E-state index contributed by atoms with van der Waals surface area (Å²) in [5, 5.41) is 1.71. The third kappa shape index (κ3) is 3.88. The van der Waals surface area contributed by atoms with Gasteiger partial charge >= 0.3 is 0 Å². The Morgan fingerprint density at radius 1 is 0.676 bits per heavy atom. The fraction of sp³-hybridized carbons (Fsp3) is 0.222. The monoisotopic (exact) mass is 496 g/mol. The average molecular weight is 497 g/mol. The molecule has 1 heteroatoms. The highest BCUT2D eigenvalue weighted by Crippen LogP contribution is 2.55. The summed E-state index contributed by atoms with van der Waals surface area (Å²) >= 11 is 0. The summed E-state index contributed by atoms with van der Waals surface area (Å²) in [7, 11) is -2.02. The molecule has 0 spiro atoms. The van der Waals surface area contributed by atoms with E-state index in [4.69, 9.17) is 0 Å². The molecule has 4 aromatic carbocycles. The van der Waals surface area contributed by atoms with Gasteiger partial charge in [-0.3, -0.25) is 0 Å². The van der Waals surface area contributed by atoms with Gasteiger partial charge in [-0.2, -0.15) is 0 Å². The van der Waals surface area contributed by atoms with Crippen molar-refractivity contribution in [3.63, 3.8) is 0 Å². The lowest BCUT2D eigenvalue weighted by atomic mass is 9.95. The fourth-order valence-electron chi connectivity index (χ4n) is 7.12. The van der Waals surface area contributed by atoms with Gasteiger partial charge in [0.1, 0.15) is 0 Å². The largest absolute Gasteiger partial charge is 0.0931 e. The Morgan fingerprint density at radius 3 is 1.95 bits per heavy atom. The quantitative estimate of drug-likeness (QED) is 0.233. The van der Waals surface area contributed by atoms with Gasteiger partial charge in [-0.1, -0.05) is 146 Å². The van der Waals surface area contributed by atoms with Crippen LogP contribution < -0.4 is 0 Å². The topological polar surface area (TPSA) is 0 Å². The van der Waals surface area contributed by atoms with E-state index >= 15 is 0 Å². The van der Waals surface area contributed by atoms with Gasteiger partial charge < -0.3 is 0 Å². The SMILES string of the molecule is CCC1=Cc2cccc(-c3ccccc3)c2C1[Si](C)(C)C1=C(CC)Cc2cccc(-c3ccccc3)c21. The van der Waals surface area contributed by atoms with Crippen molar-refractivity contribution in [2.75, 3.05) is 0 Å². The zero-order valence-electron chi connectivity index (χ0n) is 22.5. The van der Waals surface area contributed by atoms with Crippen molar-refractivity contribution >= 4 is 19.3 Å². The normalized spacial score (nSPS) is 16.5. The standard InChI is InChI=1S/C36H36Si/c1-5-25-23-29-19-13-21-31(27-15-9-7-10-16-27)33(29)35(25)37(3,4)36-26(6-2)24-30-20-14-22-32(34(30)36)28-17-11-8-12-18-28/h7-23,35H,5-6,24H2,1-4H3. The minimum absolute atomic E-state index is 0.482. The molecule has 4 aromatic rings. The first-order chi connectivity index (χ1) is 18.0. The van der Waals surface area contributed by atoms with Gasteiger partial charge in [0.15, 0.2) is 0 Å². The number of fused-ring (bicyclic) bond motifs is 2. The molecule has 0 heterocycles. The Labute approximate surface area is 223 Å². The summed E-state index contributed by atoms with van der Waals surface area (Å²) in [6.45, 7) is 10.0. The number of hydrogen-bond acceptors (Lipinski definition) is 0. The molecular formula is C36H36Si. The van der Waals surface area contributed by atoms with E-state index in [-0.39, 0.29) is 0 Å². The maximum absolute atomic E-state index is 2.65. The van der Waals surface area contributed by atoms with Gasteiger partial charge in [-0.15, -0.1) is 0 Å². The minimum atomic E-state index is -2.02. The van der Waals surface area contributed by atoms with Crippen LogP contribution in [0.5, 0.6) is 0 Å². The molecule has 0 bridgehead atoms. The van der Waals surface area contributed by atoms with Crippen LogP contribution in [0.25, 0.3) is 33.5 Å². The molecule has 184 valence electrons. The molecular weight excluding hydrogens is 460 g/mol. The zero-order valence-corrected chi connectivity index (χ0v) is 23.5. The van der Waals surface area contributed by atoms with Crippen molar-refractivity contribution in [2.45, 2.75) is 51.7 Å². The molecule has 0 saturated heterocycles. The van der Waals surface area contributed by atoms with E-state index in [1.54, 1.807) is 27.5 Å². The number of rotatable bonds is 6. The Bertz CT molecular complexity index is 1520. The Balaban J connectivity index is 1.58. The maximum Gasteiger partial charge on any atom is 0.0931 e. The van der Waals surface area contributed by atoms with Crippen molar-refractivity contribution in [1.29, 1.82) is 0 Å². The van der Waals surface area contributed by atoms with Crippen molar-refractivity contribution in [1.82, 2.24) is 0 Å². The first-order valence-electron chi connectivity index (χ1n) is 13.8. The molecule has 1 unspecified atom stereocenters. The van der Waals surface area contributed by atoms with Gasteiger partial charge in [-0.25, -0.2) is 0 Å². The average Bonchev–Trinajstić information content (AvgIpc) is 3.53. The highest BCUT2D eigenvalue weighted by Gasteiger charge is 2.46. The first-order valence-corrected chi connectivity index (χ1v) is 16.9. The summed E-state index contributed by atoms with van der Waals surface area (Å²) in [5.41, 5.74) is 15.3. The summed E-state index contributed by atoms with van der Waals surface area (Å²) in [6.07, 6.45) is 5.85. The molecule has 0 N–H and O–H groups in total. The molecule has 37 heavy (non-hydrogen) atoms. The zero-order chi connectivity index (χ0) is 25.6. The van der Waals surface area contributed by atoms with Gasteiger partial charge in [0, 0.05) is 5.54 Å². The van der Waals surface area contributed by atoms with Gasteiger partial charge in [0.25, 0.3) is 0 Å². The second-order valence-corrected chi connectivity index (χ2v) is 15.6. The fourth-order valence-corrected chi connectivity index (χ4v) is 11.8. The summed E-state index contributed by atoms with van der Waals surface area (Å²) in [6, 6.07) is 36.0. The van der Waals surface area contributed by atoms with Crippen LogP contribution in [0.15, 0.2) is 108 Å². The van der Waals surface area contributed by atoms with Crippen molar-refractivity contribution in [3.8, 4) is 22.3 Å². The molecule has 0 radical (unpaired) electrons. The molecule has 6 rings (SSSR count). The first kappa shape index (κ1) is 23.9. The minimum Gasteiger partial charge on any atom is -0.0662 e. The van der Waals surface area contributed by atoms with E-state index in [1.165, 1.54) is 33.4 Å². The van der Waals surface area contributed by atoms with Gasteiger partial charge in [-0.05, 0) is 63.8 Å². The molecule has 2 aliphatic rings. The predicted molar refractivity (Wildman–Crippen MR) is 163 cm³/mol. The molecule has 2 aliphatic carbocycles. The smallest absolute Gasteiger partial charge is 0.0662 e. The highest BCUT2D eigenvalue weighted by molar-refractivity contribution is 6.96. The van der Waals surface area contributed by atoms with E-state index in [0.717, 1.165) is 19.3 Å². The number of allylic oxidation sites excluding steroid dienone is 2. The van der Waals surface area contributed by atoms with Crippen LogP contribution in [0.2, 0.25) is 13.1 Å². The molecule has 0 saturated carbocycles. The van der Waals surface area contributed by atoms with Crippen LogP contribution in [0.3, 0.4) is 0 Å². The van der Waals surface area contributed by atoms with Crippen LogP contribution in [0, 0.1) is 0 Å². The molecule has 0 amide bonds. The molecule has 0 aliphatic heterocycles. The lowest BCUT2D eigenvalue weighted by molar-refractivity contribution is 0.978. The van der Waals surface area contributed by atoms with E-state index < -0.39 is 8.07 Å². The van der Waals surface area contributed by atoms with Crippen molar-refractivity contribution in [3.05, 3.63) is 130 Å². The highest BCUT2D eigenvalue weighted by atomic mass is 28.3. The van der Waals surface area contributed by atoms with Crippen LogP contribution in [-0.4, -0.2) is 8.07 Å². The molecule has 0 nitrogen and oxygen atoms in total. The number of hydrogen-bond donors (Lipinski definition) is 0. The van der Waals surface area contributed by atoms with E-state index in [1.807, 2.05) is 0 Å². The summed E-state index contributed by atoms with van der Waals surface area (Å²) in [5.74, 6) is 0. The molecule has 0 fully saturated rings. The van der Waals surface area contributed by atoms with Crippen LogP contribution in [0.4, 0.5) is 0 Å². The van der Waals surface area contributed by atoms with E-state index in [2.05, 4.69) is 130 Å². The third-order valence-corrected chi connectivity index (χ3v) is 12.7. The predicted octanol–water partition coefficient (Wildman–Crippen LogP) is 10.1. The van der Waals surface area contributed by atoms with Crippen molar-refractivity contribution < 1.29 is 0 Å². The summed E-state index contributed by atoms with van der Waals surface area (Å²) < 4.78 is 0. The lowest BCUT2D eigenvalue weighted by Crippen LogP contribution is -2.38. The van der Waals surface area contributed by atoms with Crippen LogP contribution in [-0.2, 0) is 6.42 Å². The molecule has 0 aromatic heterocycles. The van der Waals surface area contributed by atoms with Gasteiger partial charge in [0.05, 0.1) is 8.07 Å². The Morgan fingerprint density at radius 2 is 1.30 bits per heavy atom. The molecule has 1 atom stereocenters. The van der Waals surface area contributed by atoms with E-state index in [0.29, 0.717) is 5.54 Å².